The second-order valence-corrected chi connectivity index (χ2v) is 8.61. The number of hydrogen-bond donors (Lipinski definition) is 1. The third-order valence-electron chi connectivity index (χ3n) is 5.64. The van der Waals surface area contributed by atoms with Gasteiger partial charge in [0.25, 0.3) is 0 Å². The zero-order valence-corrected chi connectivity index (χ0v) is 18.5. The first kappa shape index (κ1) is 21.4. The predicted molar refractivity (Wildman–Crippen MR) is 121 cm³/mol. The van der Waals surface area contributed by atoms with Crippen molar-refractivity contribution in [2.24, 2.45) is 5.92 Å². The molecule has 0 aliphatic carbocycles. The van der Waals surface area contributed by atoms with E-state index >= 15 is 0 Å². The van der Waals surface area contributed by atoms with E-state index in [1.165, 1.54) is 23.5 Å². The molecule has 1 saturated heterocycles. The van der Waals surface area contributed by atoms with Crippen LogP contribution in [0.25, 0.3) is 10.2 Å². The molecule has 6 nitrogen and oxygen atoms in total. The number of carbonyl (C=O) groups excluding carboxylic acids is 1. The molecular formula is C23H26FN3O3S. The number of nitrogens with one attached hydrogen (secondary N) is 1. The first-order valence-corrected chi connectivity index (χ1v) is 11.2. The fourth-order valence-corrected chi connectivity index (χ4v) is 4.91. The second kappa shape index (κ2) is 9.51. The Morgan fingerprint density at radius 1 is 1.16 bits per heavy atom. The lowest BCUT2D eigenvalue weighted by Crippen LogP contribution is -2.41. The van der Waals surface area contributed by atoms with Crippen LogP contribution in [-0.2, 0) is 11.2 Å². The van der Waals surface area contributed by atoms with E-state index in [2.05, 4.69) is 15.2 Å². The van der Waals surface area contributed by atoms with Gasteiger partial charge in [0, 0.05) is 25.6 Å². The first-order valence-electron chi connectivity index (χ1n) is 10.4. The minimum atomic E-state index is -0.244. The number of benzene rings is 2. The summed E-state index contributed by atoms with van der Waals surface area (Å²) in [5.74, 6) is 1.25. The van der Waals surface area contributed by atoms with Gasteiger partial charge in [-0.2, -0.15) is 0 Å². The lowest BCUT2D eigenvalue weighted by Gasteiger charge is -2.31. The topological polar surface area (TPSA) is 63.7 Å². The molecular weight excluding hydrogens is 417 g/mol. The predicted octanol–water partition coefficient (Wildman–Crippen LogP) is 4.03. The molecule has 31 heavy (non-hydrogen) atoms. The number of nitrogens with zero attached hydrogens (tertiary/aromatic N) is 2. The number of piperidine rings is 1. The van der Waals surface area contributed by atoms with Crippen LogP contribution in [0.1, 0.15) is 18.4 Å². The van der Waals surface area contributed by atoms with E-state index in [9.17, 15) is 9.18 Å². The molecule has 1 amide bonds. The van der Waals surface area contributed by atoms with Gasteiger partial charge >= 0.3 is 0 Å². The zero-order chi connectivity index (χ0) is 21.8. The number of anilines is 1. The molecule has 164 valence electrons. The second-order valence-electron chi connectivity index (χ2n) is 7.60. The Bertz CT molecular complexity index is 1060. The van der Waals surface area contributed by atoms with Crippen molar-refractivity contribution in [2.45, 2.75) is 19.3 Å². The van der Waals surface area contributed by atoms with E-state index in [4.69, 9.17) is 9.47 Å². The maximum Gasteiger partial charge on any atom is 0.223 e. The van der Waals surface area contributed by atoms with Crippen LogP contribution >= 0.6 is 11.3 Å². The Balaban J connectivity index is 1.26. The highest BCUT2D eigenvalue weighted by Crippen LogP contribution is 2.32. The van der Waals surface area contributed by atoms with Crippen molar-refractivity contribution in [1.82, 2.24) is 10.3 Å². The number of ether oxygens (including phenoxy) is 2. The standard InChI is InChI=1S/C23H26FN3O3S/c1-29-19-6-3-15(13-20(19)30-2)7-10-25-22(28)16-8-11-27(12-9-16)23-26-18-5-4-17(24)14-21(18)31-23/h3-6,13-14,16H,7-12H2,1-2H3,(H,25,28). The van der Waals surface area contributed by atoms with Crippen molar-refractivity contribution in [3.63, 3.8) is 0 Å². The number of thiazole rings is 1. The van der Waals surface area contributed by atoms with Gasteiger partial charge in [-0.25, -0.2) is 9.37 Å². The lowest BCUT2D eigenvalue weighted by molar-refractivity contribution is -0.125. The zero-order valence-electron chi connectivity index (χ0n) is 17.7. The van der Waals surface area contributed by atoms with Crippen LogP contribution in [0.15, 0.2) is 36.4 Å². The summed E-state index contributed by atoms with van der Waals surface area (Å²) in [5, 5.41) is 3.96. The Kier molecular flexibility index (Phi) is 6.56. The van der Waals surface area contributed by atoms with E-state index in [1.54, 1.807) is 20.3 Å². The number of amides is 1. The number of rotatable bonds is 7. The van der Waals surface area contributed by atoms with Crippen molar-refractivity contribution >= 4 is 32.6 Å². The molecule has 1 aliphatic rings. The van der Waals surface area contributed by atoms with Gasteiger partial charge in [0.1, 0.15) is 5.82 Å². The van der Waals surface area contributed by atoms with Gasteiger partial charge in [-0.05, 0) is 55.2 Å². The van der Waals surface area contributed by atoms with Crippen LogP contribution < -0.4 is 19.7 Å². The summed E-state index contributed by atoms with van der Waals surface area (Å²) in [4.78, 5) is 19.4. The Morgan fingerprint density at radius 2 is 1.94 bits per heavy atom. The molecule has 1 fully saturated rings. The van der Waals surface area contributed by atoms with Crippen molar-refractivity contribution < 1.29 is 18.7 Å². The summed E-state index contributed by atoms with van der Waals surface area (Å²) >= 11 is 1.50. The first-order chi connectivity index (χ1) is 15.1. The van der Waals surface area contributed by atoms with E-state index in [-0.39, 0.29) is 17.6 Å². The normalized spacial score (nSPS) is 14.6. The molecule has 8 heteroatoms. The molecule has 0 atom stereocenters. The minimum absolute atomic E-state index is 0.00785. The summed E-state index contributed by atoms with van der Waals surface area (Å²) in [6.45, 7) is 2.13. The van der Waals surface area contributed by atoms with E-state index in [0.29, 0.717) is 18.0 Å². The Morgan fingerprint density at radius 3 is 2.68 bits per heavy atom. The number of methoxy groups -OCH3 is 2. The molecule has 0 bridgehead atoms. The van der Waals surface area contributed by atoms with Gasteiger partial charge in [-0.15, -0.1) is 0 Å². The van der Waals surface area contributed by atoms with Crippen LogP contribution in [0.5, 0.6) is 11.5 Å². The van der Waals surface area contributed by atoms with Gasteiger partial charge < -0.3 is 19.7 Å². The smallest absolute Gasteiger partial charge is 0.223 e. The maximum atomic E-state index is 13.4. The molecule has 1 aromatic heterocycles. The number of aromatic nitrogens is 1. The lowest BCUT2D eigenvalue weighted by atomic mass is 9.96. The van der Waals surface area contributed by atoms with Gasteiger partial charge in [0.05, 0.1) is 24.4 Å². The molecule has 1 N–H and O–H groups in total. The Labute approximate surface area is 185 Å². The van der Waals surface area contributed by atoms with Crippen LogP contribution in [0.4, 0.5) is 9.52 Å². The molecule has 0 spiro atoms. The Hall–Kier alpha value is -2.87. The average Bonchev–Trinajstić information content (AvgIpc) is 3.22. The molecule has 0 saturated carbocycles. The molecule has 2 aromatic carbocycles. The number of carbonyl (C=O) groups is 1. The highest BCUT2D eigenvalue weighted by atomic mass is 32.1. The summed E-state index contributed by atoms with van der Waals surface area (Å²) in [6.07, 6.45) is 2.30. The summed E-state index contributed by atoms with van der Waals surface area (Å²) in [6, 6.07) is 10.5. The number of hydrogen-bond acceptors (Lipinski definition) is 6. The molecule has 1 aliphatic heterocycles. The van der Waals surface area contributed by atoms with Crippen molar-refractivity contribution in [2.75, 3.05) is 38.8 Å². The summed E-state index contributed by atoms with van der Waals surface area (Å²) in [7, 11) is 3.22. The van der Waals surface area contributed by atoms with Gasteiger partial charge in [-0.1, -0.05) is 17.4 Å². The van der Waals surface area contributed by atoms with Crippen LogP contribution in [0, 0.1) is 11.7 Å². The van der Waals surface area contributed by atoms with Gasteiger partial charge in [-0.3, -0.25) is 4.79 Å². The van der Waals surface area contributed by atoms with E-state index < -0.39 is 0 Å². The van der Waals surface area contributed by atoms with Crippen LogP contribution in [-0.4, -0.2) is 44.7 Å². The van der Waals surface area contributed by atoms with Crippen molar-refractivity contribution in [1.29, 1.82) is 0 Å². The molecule has 4 rings (SSSR count). The van der Waals surface area contributed by atoms with Gasteiger partial charge in [0.15, 0.2) is 16.6 Å². The molecule has 2 heterocycles. The van der Waals surface area contributed by atoms with Crippen molar-refractivity contribution in [3.05, 3.63) is 47.8 Å². The van der Waals surface area contributed by atoms with E-state index in [1.807, 2.05) is 18.2 Å². The third kappa shape index (κ3) is 4.90. The molecule has 3 aromatic rings. The van der Waals surface area contributed by atoms with Crippen LogP contribution in [0.2, 0.25) is 0 Å². The minimum Gasteiger partial charge on any atom is -0.493 e. The molecule has 0 unspecified atom stereocenters. The fourth-order valence-electron chi connectivity index (χ4n) is 3.87. The SMILES string of the molecule is COc1ccc(CCNC(=O)C2CCN(c3nc4ccc(F)cc4s3)CC2)cc1OC. The highest BCUT2D eigenvalue weighted by molar-refractivity contribution is 7.22. The quantitative estimate of drug-likeness (QED) is 0.597. The van der Waals surface area contributed by atoms with Crippen molar-refractivity contribution in [3.8, 4) is 11.5 Å². The summed E-state index contributed by atoms with van der Waals surface area (Å²) in [5.41, 5.74) is 1.90. The average molecular weight is 444 g/mol. The summed E-state index contributed by atoms with van der Waals surface area (Å²) < 4.78 is 24.9. The van der Waals surface area contributed by atoms with Crippen LogP contribution in [0.3, 0.4) is 0 Å². The monoisotopic (exact) mass is 443 g/mol. The highest BCUT2D eigenvalue weighted by Gasteiger charge is 2.26. The van der Waals surface area contributed by atoms with Gasteiger partial charge in [0.2, 0.25) is 5.91 Å². The fraction of sp³-hybridized carbons (Fsp3) is 0.391. The largest absolute Gasteiger partial charge is 0.493 e. The maximum absolute atomic E-state index is 13.4. The van der Waals surface area contributed by atoms with E-state index in [0.717, 1.165) is 53.3 Å². The third-order valence-corrected chi connectivity index (χ3v) is 6.72. The molecule has 0 radical (unpaired) electrons. The number of halogens is 1. The number of fused-ring (bicyclic) bond motifs is 1.